The van der Waals surface area contributed by atoms with Gasteiger partial charge in [-0.15, -0.1) is 0 Å². The second-order valence-electron chi connectivity index (χ2n) is 3.48. The van der Waals surface area contributed by atoms with Crippen LogP contribution < -0.4 is 11.3 Å². The molecule has 0 aliphatic rings. The fourth-order valence-corrected chi connectivity index (χ4v) is 1.52. The number of pyridine rings is 1. The Morgan fingerprint density at radius 3 is 2.33 bits per heavy atom. The van der Waals surface area contributed by atoms with Crippen LogP contribution in [0.15, 0.2) is 18.2 Å². The number of anilines is 1. The molecular weight excluding hydrogens is 257 g/mol. The van der Waals surface area contributed by atoms with Gasteiger partial charge in [-0.1, -0.05) is 0 Å². The van der Waals surface area contributed by atoms with Crippen LogP contribution in [0.5, 0.6) is 0 Å². The maximum absolute atomic E-state index is 13.4. The van der Waals surface area contributed by atoms with Crippen LogP contribution in [0.4, 0.5) is 27.6 Å². The van der Waals surface area contributed by atoms with Crippen LogP contribution in [0.2, 0.25) is 0 Å². The number of hydrogen-bond acceptors (Lipinski definition) is 3. The molecule has 2 aromatic rings. The van der Waals surface area contributed by atoms with Crippen molar-refractivity contribution < 1.29 is 22.0 Å². The average molecular weight is 263 g/mol. The van der Waals surface area contributed by atoms with E-state index in [4.69, 9.17) is 5.84 Å². The highest BCUT2D eigenvalue weighted by molar-refractivity contribution is 5.91. The summed E-state index contributed by atoms with van der Waals surface area (Å²) in [6.07, 6.45) is -4.75. The standard InChI is InChI=1S/C10H6F5N3/c11-4-1-5-7(18-16)3-8(10(13,14)15)17-9(5)6(12)2-4/h1-3H,16H2,(H,17,18). The van der Waals surface area contributed by atoms with Gasteiger partial charge in [0.25, 0.3) is 0 Å². The normalized spacial score (nSPS) is 11.9. The number of nitrogens with two attached hydrogens (primary N) is 1. The SMILES string of the molecule is NNc1cc(C(F)(F)F)nc2c(F)cc(F)cc12. The summed E-state index contributed by atoms with van der Waals surface area (Å²) in [5.41, 5.74) is -0.205. The molecule has 0 aliphatic heterocycles. The first kappa shape index (κ1) is 12.5. The Morgan fingerprint density at radius 2 is 1.78 bits per heavy atom. The van der Waals surface area contributed by atoms with Gasteiger partial charge in [0.15, 0.2) is 5.82 Å². The lowest BCUT2D eigenvalue weighted by atomic mass is 10.1. The number of fused-ring (bicyclic) bond motifs is 1. The van der Waals surface area contributed by atoms with Crippen LogP contribution in [-0.2, 0) is 6.18 Å². The molecule has 96 valence electrons. The molecule has 0 atom stereocenters. The van der Waals surface area contributed by atoms with Gasteiger partial charge in [0, 0.05) is 11.5 Å². The van der Waals surface area contributed by atoms with Crippen LogP contribution in [0.1, 0.15) is 5.69 Å². The summed E-state index contributed by atoms with van der Waals surface area (Å²) in [5, 5.41) is -0.164. The third kappa shape index (κ3) is 2.06. The molecule has 1 aromatic carbocycles. The summed E-state index contributed by atoms with van der Waals surface area (Å²) in [7, 11) is 0. The first-order valence-corrected chi connectivity index (χ1v) is 4.66. The minimum atomic E-state index is -4.75. The first-order chi connectivity index (χ1) is 8.32. The van der Waals surface area contributed by atoms with Gasteiger partial charge in [-0.2, -0.15) is 13.2 Å². The third-order valence-electron chi connectivity index (χ3n) is 2.28. The maximum Gasteiger partial charge on any atom is 0.433 e. The van der Waals surface area contributed by atoms with E-state index in [1.54, 1.807) is 0 Å². The Hall–Kier alpha value is -1.96. The zero-order valence-electron chi connectivity index (χ0n) is 8.65. The zero-order chi connectivity index (χ0) is 13.5. The molecule has 0 saturated carbocycles. The molecule has 0 radical (unpaired) electrons. The van der Waals surface area contributed by atoms with Crippen molar-refractivity contribution in [3.05, 3.63) is 35.5 Å². The molecule has 0 aliphatic carbocycles. The third-order valence-corrected chi connectivity index (χ3v) is 2.28. The summed E-state index contributed by atoms with van der Waals surface area (Å²) < 4.78 is 63.9. The molecular formula is C10H6F5N3. The molecule has 1 heterocycles. The summed E-state index contributed by atoms with van der Waals surface area (Å²) in [6, 6.07) is 1.89. The maximum atomic E-state index is 13.4. The van der Waals surface area contributed by atoms with Crippen molar-refractivity contribution in [2.45, 2.75) is 6.18 Å². The van der Waals surface area contributed by atoms with Gasteiger partial charge in [-0.3, -0.25) is 5.84 Å². The van der Waals surface area contributed by atoms with Crippen LogP contribution >= 0.6 is 0 Å². The predicted octanol–water partition coefficient (Wildman–Crippen LogP) is 2.82. The molecule has 8 heteroatoms. The van der Waals surface area contributed by atoms with Crippen LogP contribution in [0.25, 0.3) is 10.9 Å². The molecule has 2 rings (SSSR count). The van der Waals surface area contributed by atoms with E-state index in [0.29, 0.717) is 12.1 Å². The quantitative estimate of drug-likeness (QED) is 0.472. The second kappa shape index (κ2) is 4.05. The fourth-order valence-electron chi connectivity index (χ4n) is 1.52. The molecule has 1 aromatic heterocycles. The average Bonchev–Trinajstić information content (AvgIpc) is 2.26. The van der Waals surface area contributed by atoms with E-state index in [1.807, 2.05) is 5.43 Å². The lowest BCUT2D eigenvalue weighted by molar-refractivity contribution is -0.140. The van der Waals surface area contributed by atoms with E-state index < -0.39 is 29.0 Å². The lowest BCUT2D eigenvalue weighted by Gasteiger charge is -2.11. The van der Waals surface area contributed by atoms with Gasteiger partial charge in [0.2, 0.25) is 0 Å². The first-order valence-electron chi connectivity index (χ1n) is 4.66. The second-order valence-corrected chi connectivity index (χ2v) is 3.48. The minimum absolute atomic E-state index is 0.164. The molecule has 0 bridgehead atoms. The van der Waals surface area contributed by atoms with Gasteiger partial charge >= 0.3 is 6.18 Å². The highest BCUT2D eigenvalue weighted by atomic mass is 19.4. The highest BCUT2D eigenvalue weighted by Crippen LogP contribution is 2.33. The summed E-state index contributed by atoms with van der Waals surface area (Å²) >= 11 is 0. The van der Waals surface area contributed by atoms with E-state index in [-0.39, 0.29) is 11.1 Å². The smallest absolute Gasteiger partial charge is 0.323 e. The Balaban J connectivity index is 2.84. The summed E-state index contributed by atoms with van der Waals surface area (Å²) in [5.74, 6) is 2.92. The number of aromatic nitrogens is 1. The van der Waals surface area contributed by atoms with E-state index in [0.717, 1.165) is 6.07 Å². The zero-order valence-corrected chi connectivity index (χ0v) is 8.65. The van der Waals surface area contributed by atoms with Crippen LogP contribution in [-0.4, -0.2) is 4.98 Å². The molecule has 0 fully saturated rings. The number of hydrogen-bond donors (Lipinski definition) is 2. The van der Waals surface area contributed by atoms with Gasteiger partial charge in [-0.05, 0) is 12.1 Å². The number of nitrogens with one attached hydrogen (secondary N) is 1. The van der Waals surface area contributed by atoms with E-state index in [2.05, 4.69) is 4.98 Å². The van der Waals surface area contributed by atoms with Crippen molar-refractivity contribution in [2.75, 3.05) is 5.43 Å². The number of alkyl halides is 3. The van der Waals surface area contributed by atoms with E-state index in [1.165, 1.54) is 0 Å². The summed E-state index contributed by atoms with van der Waals surface area (Å²) in [6.45, 7) is 0. The molecule has 3 nitrogen and oxygen atoms in total. The number of hydrazine groups is 1. The number of rotatable bonds is 1. The van der Waals surface area contributed by atoms with Gasteiger partial charge in [0.05, 0.1) is 5.69 Å². The predicted molar refractivity (Wildman–Crippen MR) is 54.5 cm³/mol. The molecule has 0 amide bonds. The van der Waals surface area contributed by atoms with Crippen molar-refractivity contribution in [3.63, 3.8) is 0 Å². The fraction of sp³-hybridized carbons (Fsp3) is 0.100. The Morgan fingerprint density at radius 1 is 1.11 bits per heavy atom. The number of nitrogens with zero attached hydrogens (tertiary/aromatic N) is 1. The van der Waals surface area contributed by atoms with Gasteiger partial charge in [0.1, 0.15) is 17.0 Å². The Kier molecular flexibility index (Phi) is 2.81. The van der Waals surface area contributed by atoms with E-state index in [9.17, 15) is 22.0 Å². The summed E-state index contributed by atoms with van der Waals surface area (Å²) in [4.78, 5) is 3.13. The van der Waals surface area contributed by atoms with Crippen molar-refractivity contribution in [1.29, 1.82) is 0 Å². The molecule has 3 N–H and O–H groups in total. The van der Waals surface area contributed by atoms with E-state index >= 15 is 0 Å². The largest absolute Gasteiger partial charge is 0.433 e. The molecule has 0 spiro atoms. The Bertz CT molecular complexity index is 608. The monoisotopic (exact) mass is 263 g/mol. The highest BCUT2D eigenvalue weighted by Gasteiger charge is 2.33. The Labute approximate surface area is 97.4 Å². The molecule has 18 heavy (non-hydrogen) atoms. The van der Waals surface area contributed by atoms with Crippen molar-refractivity contribution in [1.82, 2.24) is 4.98 Å². The van der Waals surface area contributed by atoms with Gasteiger partial charge < -0.3 is 5.43 Å². The van der Waals surface area contributed by atoms with Crippen LogP contribution in [0, 0.1) is 11.6 Å². The van der Waals surface area contributed by atoms with Crippen molar-refractivity contribution >= 4 is 16.6 Å². The molecule has 0 saturated heterocycles. The lowest BCUT2D eigenvalue weighted by Crippen LogP contribution is -2.13. The van der Waals surface area contributed by atoms with Crippen molar-refractivity contribution in [3.8, 4) is 0 Å². The van der Waals surface area contributed by atoms with Crippen molar-refractivity contribution in [2.24, 2.45) is 5.84 Å². The number of halogens is 5. The van der Waals surface area contributed by atoms with Gasteiger partial charge in [-0.25, -0.2) is 13.8 Å². The number of nitrogen functional groups attached to an aromatic ring is 1. The molecule has 0 unspecified atom stereocenters. The minimum Gasteiger partial charge on any atom is -0.323 e. The number of benzene rings is 1. The van der Waals surface area contributed by atoms with Crippen LogP contribution in [0.3, 0.4) is 0 Å². The topological polar surface area (TPSA) is 50.9 Å².